The molecule has 1 saturated carbocycles. The number of carbonyl (C=O) groups excluding carboxylic acids is 3. The van der Waals surface area contributed by atoms with E-state index in [9.17, 15) is 14.4 Å². The summed E-state index contributed by atoms with van der Waals surface area (Å²) in [5.41, 5.74) is 0.853. The number of methoxy groups -OCH3 is 1. The monoisotopic (exact) mass is 401 g/mol. The molecule has 0 saturated heterocycles. The lowest BCUT2D eigenvalue weighted by Crippen LogP contribution is -2.46. The highest BCUT2D eigenvalue weighted by molar-refractivity contribution is 5.95. The van der Waals surface area contributed by atoms with Crippen LogP contribution in [-0.4, -0.2) is 44.0 Å². The quantitative estimate of drug-likeness (QED) is 0.436. The van der Waals surface area contributed by atoms with Crippen molar-refractivity contribution in [3.8, 4) is 5.75 Å². The van der Waals surface area contributed by atoms with E-state index in [0.29, 0.717) is 13.1 Å². The Hall–Kier alpha value is -2.83. The average molecular weight is 402 g/mol. The molecule has 1 aliphatic carbocycles. The number of carbonyl (C=O) groups is 3. The number of ether oxygens (including phenoxy) is 1. The van der Waals surface area contributed by atoms with Crippen LogP contribution in [-0.2, 0) is 14.4 Å². The van der Waals surface area contributed by atoms with E-state index in [1.54, 1.807) is 32.2 Å². The molecule has 3 N–H and O–H groups in total. The molecule has 1 unspecified atom stereocenters. The zero-order chi connectivity index (χ0) is 21.1. The van der Waals surface area contributed by atoms with Gasteiger partial charge in [-0.05, 0) is 43.5 Å². The molecule has 0 aliphatic heterocycles. The van der Waals surface area contributed by atoms with Crippen LogP contribution in [0.3, 0.4) is 0 Å². The number of nitrogens with one attached hydrogen (secondary N) is 3. The summed E-state index contributed by atoms with van der Waals surface area (Å²) in [6, 6.07) is 6.61. The van der Waals surface area contributed by atoms with Gasteiger partial charge in [0.05, 0.1) is 7.11 Å². The Balaban J connectivity index is 1.64. The molecular weight excluding hydrogens is 370 g/mol. The Morgan fingerprint density at radius 2 is 1.72 bits per heavy atom. The smallest absolute Gasteiger partial charge is 0.244 e. The Morgan fingerprint density at radius 3 is 2.38 bits per heavy atom. The van der Waals surface area contributed by atoms with Crippen molar-refractivity contribution >= 4 is 23.8 Å². The Labute approximate surface area is 172 Å². The number of rotatable bonds is 9. The van der Waals surface area contributed by atoms with Crippen molar-refractivity contribution in [2.45, 2.75) is 45.1 Å². The van der Waals surface area contributed by atoms with Crippen LogP contribution in [0.15, 0.2) is 30.3 Å². The van der Waals surface area contributed by atoms with Gasteiger partial charge in [-0.3, -0.25) is 14.4 Å². The molecule has 158 valence electrons. The van der Waals surface area contributed by atoms with Crippen molar-refractivity contribution in [1.29, 1.82) is 0 Å². The van der Waals surface area contributed by atoms with Gasteiger partial charge >= 0.3 is 0 Å². The molecule has 7 nitrogen and oxygen atoms in total. The van der Waals surface area contributed by atoms with Crippen LogP contribution in [0.4, 0.5) is 0 Å². The molecule has 1 aromatic rings. The molecule has 0 heterocycles. The lowest BCUT2D eigenvalue weighted by Gasteiger charge is -2.20. The fourth-order valence-electron chi connectivity index (χ4n) is 3.25. The summed E-state index contributed by atoms with van der Waals surface area (Å²) in [4.78, 5) is 36.1. The summed E-state index contributed by atoms with van der Waals surface area (Å²) in [5.74, 6) is 0.281. The molecule has 0 aromatic heterocycles. The minimum atomic E-state index is -0.669. The molecule has 1 aliphatic rings. The zero-order valence-electron chi connectivity index (χ0n) is 17.2. The van der Waals surface area contributed by atoms with Gasteiger partial charge in [0.15, 0.2) is 0 Å². The maximum atomic E-state index is 12.1. The van der Waals surface area contributed by atoms with Gasteiger partial charge in [-0.15, -0.1) is 0 Å². The largest absolute Gasteiger partial charge is 0.497 e. The predicted molar refractivity (Wildman–Crippen MR) is 112 cm³/mol. The minimum absolute atomic E-state index is 0.0731. The Kier molecular flexibility index (Phi) is 9.21. The van der Waals surface area contributed by atoms with E-state index >= 15 is 0 Å². The van der Waals surface area contributed by atoms with Gasteiger partial charge in [-0.1, -0.05) is 31.4 Å². The summed E-state index contributed by atoms with van der Waals surface area (Å²) >= 11 is 0. The molecule has 0 spiro atoms. The number of benzene rings is 1. The molecule has 0 radical (unpaired) electrons. The maximum absolute atomic E-state index is 12.1. The van der Waals surface area contributed by atoms with E-state index in [1.165, 1.54) is 12.5 Å². The summed E-state index contributed by atoms with van der Waals surface area (Å²) in [7, 11) is 1.59. The average Bonchev–Trinajstić information content (AvgIpc) is 2.75. The lowest BCUT2D eigenvalue weighted by atomic mass is 9.89. The second-order valence-electron chi connectivity index (χ2n) is 7.25. The minimum Gasteiger partial charge on any atom is -0.497 e. The van der Waals surface area contributed by atoms with Gasteiger partial charge in [0, 0.05) is 25.1 Å². The summed E-state index contributed by atoms with van der Waals surface area (Å²) in [5, 5.41) is 8.22. The van der Waals surface area contributed by atoms with Crippen LogP contribution in [0, 0.1) is 5.92 Å². The molecule has 29 heavy (non-hydrogen) atoms. The zero-order valence-corrected chi connectivity index (χ0v) is 17.2. The first-order chi connectivity index (χ1) is 14.0. The van der Waals surface area contributed by atoms with Crippen molar-refractivity contribution in [1.82, 2.24) is 16.0 Å². The van der Waals surface area contributed by atoms with Gasteiger partial charge in [0.25, 0.3) is 0 Å². The van der Waals surface area contributed by atoms with E-state index in [-0.39, 0.29) is 23.6 Å². The molecule has 1 atom stereocenters. The van der Waals surface area contributed by atoms with Crippen molar-refractivity contribution in [3.63, 3.8) is 0 Å². The lowest BCUT2D eigenvalue weighted by molar-refractivity contribution is -0.127. The highest BCUT2D eigenvalue weighted by Gasteiger charge is 2.20. The van der Waals surface area contributed by atoms with Gasteiger partial charge < -0.3 is 20.7 Å². The fraction of sp³-hybridized carbons (Fsp3) is 0.500. The molecular formula is C22H31N3O4. The van der Waals surface area contributed by atoms with Crippen LogP contribution in [0.2, 0.25) is 0 Å². The predicted octanol–water partition coefficient (Wildman–Crippen LogP) is 2.03. The highest BCUT2D eigenvalue weighted by atomic mass is 16.5. The first kappa shape index (κ1) is 22.5. The number of hydrogen-bond acceptors (Lipinski definition) is 4. The number of hydrogen-bond donors (Lipinski definition) is 3. The van der Waals surface area contributed by atoms with Crippen molar-refractivity contribution in [2.24, 2.45) is 5.92 Å². The number of amides is 3. The summed E-state index contributed by atoms with van der Waals surface area (Å²) in [6.45, 7) is 2.34. The normalized spacial score (nSPS) is 15.5. The summed E-state index contributed by atoms with van der Waals surface area (Å²) < 4.78 is 5.09. The Bertz CT molecular complexity index is 709. The summed E-state index contributed by atoms with van der Waals surface area (Å²) in [6.07, 6.45) is 8.38. The Morgan fingerprint density at radius 1 is 1.07 bits per heavy atom. The van der Waals surface area contributed by atoms with E-state index in [1.807, 2.05) is 12.1 Å². The van der Waals surface area contributed by atoms with Gasteiger partial charge in [-0.2, -0.15) is 0 Å². The van der Waals surface area contributed by atoms with Crippen molar-refractivity contribution in [2.75, 3.05) is 20.2 Å². The first-order valence-corrected chi connectivity index (χ1v) is 10.2. The third kappa shape index (κ3) is 7.97. The first-order valence-electron chi connectivity index (χ1n) is 10.2. The molecule has 1 fully saturated rings. The SMILES string of the molecule is COc1ccc(/C=C/C(=O)NC(C)C(=O)NCCNC(=O)C2CCCCC2)cc1. The highest BCUT2D eigenvalue weighted by Crippen LogP contribution is 2.23. The van der Waals surface area contributed by atoms with Crippen LogP contribution in [0.1, 0.15) is 44.6 Å². The third-order valence-electron chi connectivity index (χ3n) is 4.99. The molecule has 3 amide bonds. The van der Waals surface area contributed by atoms with Crippen LogP contribution >= 0.6 is 0 Å². The van der Waals surface area contributed by atoms with Crippen LogP contribution in [0.25, 0.3) is 6.08 Å². The van der Waals surface area contributed by atoms with Gasteiger partial charge in [-0.25, -0.2) is 0 Å². The van der Waals surface area contributed by atoms with E-state index in [2.05, 4.69) is 16.0 Å². The fourth-order valence-corrected chi connectivity index (χ4v) is 3.25. The van der Waals surface area contributed by atoms with Gasteiger partial charge in [0.1, 0.15) is 11.8 Å². The molecule has 1 aromatic carbocycles. The molecule has 7 heteroatoms. The maximum Gasteiger partial charge on any atom is 0.244 e. The van der Waals surface area contributed by atoms with E-state index < -0.39 is 6.04 Å². The second-order valence-corrected chi connectivity index (χ2v) is 7.25. The molecule has 2 rings (SSSR count). The van der Waals surface area contributed by atoms with E-state index in [4.69, 9.17) is 4.74 Å². The topological polar surface area (TPSA) is 96.5 Å². The third-order valence-corrected chi connectivity index (χ3v) is 4.99. The van der Waals surface area contributed by atoms with Crippen LogP contribution < -0.4 is 20.7 Å². The van der Waals surface area contributed by atoms with Gasteiger partial charge in [0.2, 0.25) is 17.7 Å². The second kappa shape index (κ2) is 11.9. The molecule has 0 bridgehead atoms. The standard InChI is InChI=1S/C22H31N3O4/c1-16(25-20(26)13-10-17-8-11-19(29-2)12-9-17)21(27)23-14-15-24-22(28)18-6-4-3-5-7-18/h8-13,16,18H,3-7,14-15H2,1-2H3,(H,23,27)(H,24,28)(H,25,26)/b13-10+. The van der Waals surface area contributed by atoms with E-state index in [0.717, 1.165) is 37.0 Å². The van der Waals surface area contributed by atoms with Crippen molar-refractivity contribution < 1.29 is 19.1 Å². The van der Waals surface area contributed by atoms with Crippen molar-refractivity contribution in [3.05, 3.63) is 35.9 Å². The van der Waals surface area contributed by atoms with Crippen LogP contribution in [0.5, 0.6) is 5.75 Å².